The molecule has 29 heavy (non-hydrogen) atoms. The van der Waals surface area contributed by atoms with Gasteiger partial charge in [0.05, 0.1) is 18.7 Å². The van der Waals surface area contributed by atoms with Gasteiger partial charge in [0, 0.05) is 12.1 Å². The van der Waals surface area contributed by atoms with Crippen molar-refractivity contribution >= 4 is 17.0 Å². The van der Waals surface area contributed by atoms with E-state index >= 15 is 0 Å². The molecule has 7 nitrogen and oxygen atoms in total. The van der Waals surface area contributed by atoms with Gasteiger partial charge in [-0.2, -0.15) is 0 Å². The molecule has 1 aromatic heterocycles. The zero-order valence-electron chi connectivity index (χ0n) is 16.5. The van der Waals surface area contributed by atoms with Crippen LogP contribution >= 0.6 is 0 Å². The summed E-state index contributed by atoms with van der Waals surface area (Å²) in [5.74, 6) is 0.0654. The molecule has 1 atom stereocenters. The second-order valence-electron chi connectivity index (χ2n) is 7.23. The number of hydrogen-bond donors (Lipinski definition) is 1. The number of methoxy groups -OCH3 is 1. The number of nitrogens with one attached hydrogen (secondary N) is 1. The molecule has 0 spiro atoms. The first-order valence-corrected chi connectivity index (χ1v) is 9.89. The van der Waals surface area contributed by atoms with Crippen molar-refractivity contribution in [1.29, 1.82) is 0 Å². The minimum absolute atomic E-state index is 0.0235. The van der Waals surface area contributed by atoms with E-state index in [1.165, 1.54) is 4.57 Å². The minimum Gasteiger partial charge on any atom is -0.496 e. The van der Waals surface area contributed by atoms with Crippen LogP contribution in [0.3, 0.4) is 0 Å². The van der Waals surface area contributed by atoms with E-state index in [2.05, 4.69) is 10.2 Å². The first-order valence-electron chi connectivity index (χ1n) is 9.89. The Morgan fingerprint density at radius 2 is 1.86 bits per heavy atom. The number of hydrogen-bond acceptors (Lipinski definition) is 5. The molecule has 4 rings (SSSR count). The summed E-state index contributed by atoms with van der Waals surface area (Å²) in [4.78, 5) is 27.1. The highest BCUT2D eigenvalue weighted by molar-refractivity contribution is 5.79. The smallest absolute Gasteiger partial charge is 0.420 e. The third-order valence-electron chi connectivity index (χ3n) is 5.45. The number of para-hydroxylation sites is 3. The summed E-state index contributed by atoms with van der Waals surface area (Å²) in [5, 5.41) is 3.00. The van der Waals surface area contributed by atoms with Crippen LogP contribution in [0.5, 0.6) is 5.75 Å². The van der Waals surface area contributed by atoms with Crippen LogP contribution in [0.1, 0.15) is 24.4 Å². The van der Waals surface area contributed by atoms with Crippen LogP contribution in [0.15, 0.2) is 57.7 Å². The standard InChI is InChI=1S/C22H25N3O4/c1-28-19-10-4-2-8-16(19)18(24-12-6-7-13-24)14-23-21(26)15-25-17-9-3-5-11-20(17)29-22(25)27/h2-5,8-11,18H,6-7,12-15H2,1H3,(H,23,26). The van der Waals surface area contributed by atoms with E-state index in [-0.39, 0.29) is 18.5 Å². The van der Waals surface area contributed by atoms with Crippen LogP contribution in [0, 0.1) is 0 Å². The number of amides is 1. The maximum absolute atomic E-state index is 12.6. The fourth-order valence-corrected chi connectivity index (χ4v) is 4.00. The number of oxazole rings is 1. The number of likely N-dealkylation sites (tertiary alicyclic amines) is 1. The maximum Gasteiger partial charge on any atom is 0.420 e. The average molecular weight is 395 g/mol. The molecule has 152 valence electrons. The van der Waals surface area contributed by atoms with Crippen LogP contribution < -0.4 is 15.8 Å². The molecular weight excluding hydrogens is 370 g/mol. The van der Waals surface area contributed by atoms with Crippen LogP contribution in [0.4, 0.5) is 0 Å². The lowest BCUT2D eigenvalue weighted by molar-refractivity contribution is -0.121. The van der Waals surface area contributed by atoms with Gasteiger partial charge in [-0.3, -0.25) is 14.3 Å². The Morgan fingerprint density at radius 1 is 1.14 bits per heavy atom. The molecule has 2 heterocycles. The molecule has 0 radical (unpaired) electrons. The van der Waals surface area contributed by atoms with Crippen molar-refractivity contribution in [2.45, 2.75) is 25.4 Å². The van der Waals surface area contributed by atoms with E-state index < -0.39 is 5.76 Å². The van der Waals surface area contributed by atoms with E-state index in [1.807, 2.05) is 30.3 Å². The molecule has 3 aromatic rings. The van der Waals surface area contributed by atoms with Gasteiger partial charge in [-0.25, -0.2) is 4.79 Å². The Balaban J connectivity index is 1.50. The van der Waals surface area contributed by atoms with Crippen LogP contribution in [-0.2, 0) is 11.3 Å². The molecule has 1 unspecified atom stereocenters. The van der Waals surface area contributed by atoms with Gasteiger partial charge in [-0.05, 0) is 44.1 Å². The molecule has 2 aromatic carbocycles. The fraction of sp³-hybridized carbons (Fsp3) is 0.364. The lowest BCUT2D eigenvalue weighted by Crippen LogP contribution is -2.39. The Labute approximate surface area is 168 Å². The third-order valence-corrected chi connectivity index (χ3v) is 5.45. The molecular formula is C22H25N3O4. The fourth-order valence-electron chi connectivity index (χ4n) is 4.00. The van der Waals surface area contributed by atoms with Gasteiger partial charge in [0.25, 0.3) is 0 Å². The largest absolute Gasteiger partial charge is 0.496 e. The second kappa shape index (κ2) is 8.53. The van der Waals surface area contributed by atoms with Crippen molar-refractivity contribution < 1.29 is 13.9 Å². The van der Waals surface area contributed by atoms with E-state index in [0.29, 0.717) is 17.6 Å². The monoisotopic (exact) mass is 395 g/mol. The summed E-state index contributed by atoms with van der Waals surface area (Å²) < 4.78 is 12.1. The van der Waals surface area contributed by atoms with Crippen LogP contribution in [0.2, 0.25) is 0 Å². The first kappa shape index (κ1) is 19.3. The molecule has 1 aliphatic heterocycles. The molecule has 0 bridgehead atoms. The summed E-state index contributed by atoms with van der Waals surface area (Å²) in [6.07, 6.45) is 2.30. The maximum atomic E-state index is 12.6. The van der Waals surface area contributed by atoms with Gasteiger partial charge in [-0.15, -0.1) is 0 Å². The highest BCUT2D eigenvalue weighted by Gasteiger charge is 2.26. The van der Waals surface area contributed by atoms with Crippen molar-refractivity contribution in [2.24, 2.45) is 0 Å². The molecule has 1 N–H and O–H groups in total. The second-order valence-corrected chi connectivity index (χ2v) is 7.23. The number of ether oxygens (including phenoxy) is 1. The summed E-state index contributed by atoms with van der Waals surface area (Å²) in [7, 11) is 1.66. The lowest BCUT2D eigenvalue weighted by atomic mass is 10.0. The van der Waals surface area contributed by atoms with E-state index in [9.17, 15) is 9.59 Å². The van der Waals surface area contributed by atoms with Crippen LogP contribution in [0.25, 0.3) is 11.1 Å². The van der Waals surface area contributed by atoms with Crippen molar-refractivity contribution in [3.8, 4) is 5.75 Å². The summed E-state index contributed by atoms with van der Waals surface area (Å²) >= 11 is 0. The minimum atomic E-state index is -0.526. The van der Waals surface area contributed by atoms with Crippen molar-refractivity contribution in [3.63, 3.8) is 0 Å². The Bertz CT molecular complexity index is 1050. The molecule has 0 aliphatic carbocycles. The number of benzene rings is 2. The summed E-state index contributed by atoms with van der Waals surface area (Å²) in [5.41, 5.74) is 2.16. The molecule has 7 heteroatoms. The van der Waals surface area contributed by atoms with Gasteiger partial charge < -0.3 is 14.5 Å². The summed E-state index contributed by atoms with van der Waals surface area (Å²) in [6.45, 7) is 2.35. The van der Waals surface area contributed by atoms with Gasteiger partial charge in [-0.1, -0.05) is 30.3 Å². The van der Waals surface area contributed by atoms with Crippen molar-refractivity contribution in [3.05, 3.63) is 64.6 Å². The van der Waals surface area contributed by atoms with Gasteiger partial charge in [0.2, 0.25) is 5.91 Å². The van der Waals surface area contributed by atoms with Gasteiger partial charge >= 0.3 is 5.76 Å². The average Bonchev–Trinajstić information content (AvgIpc) is 3.37. The van der Waals surface area contributed by atoms with Gasteiger partial charge in [0.1, 0.15) is 12.3 Å². The quantitative estimate of drug-likeness (QED) is 0.665. The molecule has 1 fully saturated rings. The van der Waals surface area contributed by atoms with Crippen LogP contribution in [-0.4, -0.2) is 42.1 Å². The van der Waals surface area contributed by atoms with Gasteiger partial charge in [0.15, 0.2) is 5.58 Å². The topological polar surface area (TPSA) is 76.7 Å². The number of fused-ring (bicyclic) bond motifs is 1. The molecule has 1 amide bonds. The van der Waals surface area contributed by atoms with E-state index in [1.54, 1.807) is 25.3 Å². The predicted octanol–water partition coefficient (Wildman–Crippen LogP) is 2.56. The summed E-state index contributed by atoms with van der Waals surface area (Å²) in [6, 6.07) is 15.0. The molecule has 1 aliphatic rings. The SMILES string of the molecule is COc1ccccc1C(CNC(=O)Cn1c(=O)oc2ccccc21)N1CCCC1. The predicted molar refractivity (Wildman–Crippen MR) is 110 cm³/mol. The normalized spacial score (nSPS) is 15.5. The van der Waals surface area contributed by atoms with E-state index in [0.717, 1.165) is 37.2 Å². The highest BCUT2D eigenvalue weighted by atomic mass is 16.5. The molecule has 1 saturated heterocycles. The zero-order valence-corrected chi connectivity index (χ0v) is 16.5. The van der Waals surface area contributed by atoms with Crippen molar-refractivity contribution in [1.82, 2.24) is 14.8 Å². The number of carbonyl (C=O) groups excluding carboxylic acids is 1. The zero-order chi connectivity index (χ0) is 20.2. The number of aromatic nitrogens is 1. The lowest BCUT2D eigenvalue weighted by Gasteiger charge is -2.29. The number of rotatable bonds is 7. The Kier molecular flexibility index (Phi) is 5.67. The Hall–Kier alpha value is -3.06. The number of nitrogens with zero attached hydrogens (tertiary/aromatic N) is 2. The number of carbonyl (C=O) groups is 1. The van der Waals surface area contributed by atoms with Crippen molar-refractivity contribution in [2.75, 3.05) is 26.7 Å². The van der Waals surface area contributed by atoms with E-state index in [4.69, 9.17) is 9.15 Å². The highest BCUT2D eigenvalue weighted by Crippen LogP contribution is 2.31. The molecule has 0 saturated carbocycles. The first-order chi connectivity index (χ1) is 14.2. The third kappa shape index (κ3) is 4.05. The Morgan fingerprint density at radius 3 is 2.66 bits per heavy atom.